The van der Waals surface area contributed by atoms with Crippen LogP contribution in [0, 0.1) is 6.92 Å². The first kappa shape index (κ1) is 11.4. The lowest BCUT2D eigenvalue weighted by Crippen LogP contribution is -2.43. The van der Waals surface area contributed by atoms with Gasteiger partial charge >= 0.3 is 0 Å². The Bertz CT molecular complexity index is 346. The first-order valence-electron chi connectivity index (χ1n) is 5.87. The fraction of sp³-hybridized carbons (Fsp3) is 0.538. The minimum atomic E-state index is 0.998. The van der Waals surface area contributed by atoms with Crippen molar-refractivity contribution < 1.29 is 4.74 Å². The summed E-state index contributed by atoms with van der Waals surface area (Å²) in [5, 5.41) is 3.37. The van der Waals surface area contributed by atoms with Crippen LogP contribution in [0.4, 0.5) is 0 Å². The van der Waals surface area contributed by atoms with E-state index in [2.05, 4.69) is 29.3 Å². The maximum Gasteiger partial charge on any atom is 0.123 e. The SMILES string of the molecule is COc1cccc(C)c1CN1CCNCC1. The normalized spacial score (nSPS) is 17.4. The van der Waals surface area contributed by atoms with Gasteiger partial charge in [-0.25, -0.2) is 0 Å². The number of nitrogens with zero attached hydrogens (tertiary/aromatic N) is 1. The Kier molecular flexibility index (Phi) is 3.80. The Morgan fingerprint density at radius 1 is 1.31 bits per heavy atom. The van der Waals surface area contributed by atoms with Gasteiger partial charge in [0, 0.05) is 38.3 Å². The minimum Gasteiger partial charge on any atom is -0.496 e. The van der Waals surface area contributed by atoms with Crippen molar-refractivity contribution in [2.75, 3.05) is 33.3 Å². The van der Waals surface area contributed by atoms with Crippen LogP contribution >= 0.6 is 0 Å². The molecule has 2 rings (SSSR count). The largest absolute Gasteiger partial charge is 0.496 e. The van der Waals surface area contributed by atoms with E-state index in [9.17, 15) is 0 Å². The predicted molar refractivity (Wildman–Crippen MR) is 65.9 cm³/mol. The van der Waals surface area contributed by atoms with Crippen molar-refractivity contribution in [2.45, 2.75) is 13.5 Å². The van der Waals surface area contributed by atoms with E-state index >= 15 is 0 Å². The zero-order valence-electron chi connectivity index (χ0n) is 10.1. The number of aryl methyl sites for hydroxylation is 1. The molecule has 1 heterocycles. The summed E-state index contributed by atoms with van der Waals surface area (Å²) in [6, 6.07) is 6.25. The number of hydrogen-bond acceptors (Lipinski definition) is 3. The second-order valence-electron chi connectivity index (χ2n) is 4.28. The van der Waals surface area contributed by atoms with Crippen molar-refractivity contribution in [3.8, 4) is 5.75 Å². The molecule has 0 aliphatic carbocycles. The summed E-state index contributed by atoms with van der Waals surface area (Å²) in [6.45, 7) is 7.58. The van der Waals surface area contributed by atoms with Gasteiger partial charge in [0.05, 0.1) is 7.11 Å². The molecule has 16 heavy (non-hydrogen) atoms. The molecule has 0 amide bonds. The topological polar surface area (TPSA) is 24.5 Å². The van der Waals surface area contributed by atoms with Crippen LogP contribution in [-0.2, 0) is 6.54 Å². The smallest absolute Gasteiger partial charge is 0.123 e. The molecule has 0 atom stereocenters. The lowest BCUT2D eigenvalue weighted by atomic mass is 10.1. The lowest BCUT2D eigenvalue weighted by Gasteiger charge is -2.28. The summed E-state index contributed by atoms with van der Waals surface area (Å²) < 4.78 is 5.43. The standard InChI is InChI=1S/C13H20N2O/c1-11-4-3-5-13(16-2)12(11)10-15-8-6-14-7-9-15/h3-5,14H,6-10H2,1-2H3. The highest BCUT2D eigenvalue weighted by Crippen LogP contribution is 2.23. The molecule has 1 aromatic rings. The highest BCUT2D eigenvalue weighted by atomic mass is 16.5. The molecule has 0 bridgehead atoms. The van der Waals surface area contributed by atoms with Crippen molar-refractivity contribution in [3.05, 3.63) is 29.3 Å². The molecule has 0 spiro atoms. The van der Waals surface area contributed by atoms with Gasteiger partial charge in [-0.3, -0.25) is 4.90 Å². The van der Waals surface area contributed by atoms with Gasteiger partial charge in [-0.05, 0) is 18.6 Å². The quantitative estimate of drug-likeness (QED) is 0.833. The van der Waals surface area contributed by atoms with Gasteiger partial charge in [0.2, 0.25) is 0 Å². The number of nitrogens with one attached hydrogen (secondary N) is 1. The van der Waals surface area contributed by atoms with E-state index in [0.717, 1.165) is 38.5 Å². The molecule has 0 aromatic heterocycles. The Labute approximate surface area is 97.4 Å². The highest BCUT2D eigenvalue weighted by molar-refractivity contribution is 5.39. The number of benzene rings is 1. The average Bonchev–Trinajstić information content (AvgIpc) is 2.33. The molecule has 0 radical (unpaired) electrons. The third kappa shape index (κ3) is 2.54. The Morgan fingerprint density at radius 3 is 2.75 bits per heavy atom. The third-order valence-electron chi connectivity index (χ3n) is 3.18. The molecule has 1 saturated heterocycles. The monoisotopic (exact) mass is 220 g/mol. The van der Waals surface area contributed by atoms with Crippen molar-refractivity contribution >= 4 is 0 Å². The molecular weight excluding hydrogens is 200 g/mol. The molecule has 0 unspecified atom stereocenters. The van der Waals surface area contributed by atoms with Crippen molar-refractivity contribution in [1.82, 2.24) is 10.2 Å². The summed E-state index contributed by atoms with van der Waals surface area (Å²) in [4.78, 5) is 2.47. The first-order chi connectivity index (χ1) is 7.81. The number of ether oxygens (including phenoxy) is 1. The van der Waals surface area contributed by atoms with Gasteiger partial charge < -0.3 is 10.1 Å². The molecule has 3 nitrogen and oxygen atoms in total. The third-order valence-corrected chi connectivity index (χ3v) is 3.18. The van der Waals surface area contributed by atoms with Crippen molar-refractivity contribution in [3.63, 3.8) is 0 Å². The van der Waals surface area contributed by atoms with E-state index in [1.807, 2.05) is 6.07 Å². The number of piperazine rings is 1. The zero-order valence-corrected chi connectivity index (χ0v) is 10.1. The summed E-state index contributed by atoms with van der Waals surface area (Å²) in [6.07, 6.45) is 0. The molecule has 1 N–H and O–H groups in total. The average molecular weight is 220 g/mol. The minimum absolute atomic E-state index is 0.998. The Morgan fingerprint density at radius 2 is 2.06 bits per heavy atom. The van der Waals surface area contributed by atoms with Crippen LogP contribution in [0.15, 0.2) is 18.2 Å². The van der Waals surface area contributed by atoms with Crippen LogP contribution in [-0.4, -0.2) is 38.2 Å². The van der Waals surface area contributed by atoms with Gasteiger partial charge in [0.15, 0.2) is 0 Å². The molecule has 1 aromatic carbocycles. The molecule has 88 valence electrons. The van der Waals surface area contributed by atoms with Gasteiger partial charge in [-0.15, -0.1) is 0 Å². The molecule has 0 saturated carbocycles. The van der Waals surface area contributed by atoms with E-state index < -0.39 is 0 Å². The second-order valence-corrected chi connectivity index (χ2v) is 4.28. The van der Waals surface area contributed by atoms with Crippen LogP contribution in [0.3, 0.4) is 0 Å². The summed E-state index contributed by atoms with van der Waals surface area (Å²) in [7, 11) is 1.75. The van der Waals surface area contributed by atoms with Gasteiger partial charge in [0.1, 0.15) is 5.75 Å². The zero-order chi connectivity index (χ0) is 11.4. The van der Waals surface area contributed by atoms with Crippen molar-refractivity contribution in [1.29, 1.82) is 0 Å². The fourth-order valence-corrected chi connectivity index (χ4v) is 2.16. The summed E-state index contributed by atoms with van der Waals surface area (Å²) in [5.74, 6) is 1.01. The van der Waals surface area contributed by atoms with Gasteiger partial charge in [-0.2, -0.15) is 0 Å². The number of rotatable bonds is 3. The molecule has 1 aliphatic heterocycles. The first-order valence-corrected chi connectivity index (χ1v) is 5.87. The highest BCUT2D eigenvalue weighted by Gasteiger charge is 2.13. The Hall–Kier alpha value is -1.06. The molecular formula is C13H20N2O. The lowest BCUT2D eigenvalue weighted by molar-refractivity contribution is 0.229. The predicted octanol–water partition coefficient (Wildman–Crippen LogP) is 1.41. The Balaban J connectivity index is 2.12. The molecule has 1 aliphatic rings. The number of hydrogen-bond donors (Lipinski definition) is 1. The van der Waals surface area contributed by atoms with E-state index in [1.54, 1.807) is 7.11 Å². The molecule has 3 heteroatoms. The van der Waals surface area contributed by atoms with Gasteiger partial charge in [0.25, 0.3) is 0 Å². The van der Waals surface area contributed by atoms with Crippen LogP contribution in [0.2, 0.25) is 0 Å². The van der Waals surface area contributed by atoms with E-state index in [0.29, 0.717) is 0 Å². The second kappa shape index (κ2) is 5.32. The van der Waals surface area contributed by atoms with Gasteiger partial charge in [-0.1, -0.05) is 12.1 Å². The van der Waals surface area contributed by atoms with E-state index in [4.69, 9.17) is 4.74 Å². The van der Waals surface area contributed by atoms with Crippen LogP contribution in [0.25, 0.3) is 0 Å². The van der Waals surface area contributed by atoms with E-state index in [1.165, 1.54) is 11.1 Å². The van der Waals surface area contributed by atoms with Crippen LogP contribution < -0.4 is 10.1 Å². The van der Waals surface area contributed by atoms with Crippen molar-refractivity contribution in [2.24, 2.45) is 0 Å². The van der Waals surface area contributed by atoms with Crippen LogP contribution in [0.5, 0.6) is 5.75 Å². The number of methoxy groups -OCH3 is 1. The van der Waals surface area contributed by atoms with E-state index in [-0.39, 0.29) is 0 Å². The molecule has 1 fully saturated rings. The fourth-order valence-electron chi connectivity index (χ4n) is 2.16. The van der Waals surface area contributed by atoms with Crippen LogP contribution in [0.1, 0.15) is 11.1 Å². The maximum absolute atomic E-state index is 5.43. The summed E-state index contributed by atoms with van der Waals surface area (Å²) in [5.41, 5.74) is 2.64. The maximum atomic E-state index is 5.43. The summed E-state index contributed by atoms with van der Waals surface area (Å²) >= 11 is 0.